The van der Waals surface area contributed by atoms with E-state index in [0.29, 0.717) is 36.7 Å². The topological polar surface area (TPSA) is 38.8 Å². The van der Waals surface area contributed by atoms with E-state index < -0.39 is 0 Å². The molecule has 4 heteroatoms. The number of hydrogen-bond donors (Lipinski definition) is 0. The summed E-state index contributed by atoms with van der Waals surface area (Å²) in [5, 5.41) is 0. The van der Waals surface area contributed by atoms with Gasteiger partial charge in [-0.05, 0) is 36.3 Å². The molecule has 0 unspecified atom stereocenters. The fraction of sp³-hybridized carbons (Fsp3) is 0.296. The van der Waals surface area contributed by atoms with Crippen LogP contribution in [0.15, 0.2) is 78.9 Å². The highest BCUT2D eigenvalue weighted by atomic mass is 16.5. The molecule has 3 aromatic rings. The Bertz CT molecular complexity index is 937. The predicted octanol–water partition coefficient (Wildman–Crippen LogP) is 5.41. The van der Waals surface area contributed by atoms with Gasteiger partial charge in [-0.25, -0.2) is 0 Å². The highest BCUT2D eigenvalue weighted by molar-refractivity contribution is 6.00. The smallest absolute Gasteiger partial charge is 0.170 e. The number of carbonyl (C=O) groups is 1. The number of hydrogen-bond acceptors (Lipinski definition) is 4. The van der Waals surface area contributed by atoms with Gasteiger partial charge in [-0.3, -0.25) is 4.79 Å². The first-order chi connectivity index (χ1) is 15.2. The van der Waals surface area contributed by atoms with E-state index >= 15 is 0 Å². The van der Waals surface area contributed by atoms with E-state index in [-0.39, 0.29) is 5.78 Å². The molecule has 0 saturated heterocycles. The second-order valence-corrected chi connectivity index (χ2v) is 7.39. The summed E-state index contributed by atoms with van der Waals surface area (Å²) < 4.78 is 12.0. The Balaban J connectivity index is 1.74. The summed E-state index contributed by atoms with van der Waals surface area (Å²) in [5.41, 5.74) is 2.68. The number of ether oxygens (including phenoxy) is 2. The van der Waals surface area contributed by atoms with Gasteiger partial charge in [-0.1, -0.05) is 74.5 Å². The Morgan fingerprint density at radius 3 is 2.10 bits per heavy atom. The summed E-state index contributed by atoms with van der Waals surface area (Å²) in [5.74, 6) is 1.32. The predicted molar refractivity (Wildman–Crippen MR) is 125 cm³/mol. The second kappa shape index (κ2) is 11.9. The van der Waals surface area contributed by atoms with E-state index in [1.165, 1.54) is 0 Å². The third-order valence-corrected chi connectivity index (χ3v) is 5.27. The van der Waals surface area contributed by atoms with Crippen LogP contribution in [-0.2, 0) is 13.0 Å². The molecular formula is C27H31NO3. The summed E-state index contributed by atoms with van der Waals surface area (Å²) in [6.45, 7) is 8.02. The minimum Gasteiger partial charge on any atom is -0.491 e. The van der Waals surface area contributed by atoms with Crippen LogP contribution in [-0.4, -0.2) is 36.9 Å². The number of ketones is 1. The van der Waals surface area contributed by atoms with Gasteiger partial charge in [0.15, 0.2) is 5.78 Å². The van der Waals surface area contributed by atoms with Gasteiger partial charge in [0, 0.05) is 19.0 Å². The second-order valence-electron chi connectivity index (χ2n) is 7.39. The van der Waals surface area contributed by atoms with Crippen molar-refractivity contribution in [2.24, 2.45) is 0 Å². The SMILES string of the molecule is CCN(CC)CCOc1cc(OCc2ccccc2)ccc1C(=O)Cc1ccccc1. The standard InChI is InChI=1S/C27H31NO3/c1-3-28(4-2)17-18-30-27-20-24(31-21-23-13-9-6-10-14-23)15-16-25(27)26(29)19-22-11-7-5-8-12-22/h5-16,20H,3-4,17-19,21H2,1-2H3. The number of carbonyl (C=O) groups excluding carboxylic acids is 1. The number of rotatable bonds is 12. The van der Waals surface area contributed by atoms with Crippen LogP contribution in [0.4, 0.5) is 0 Å². The lowest BCUT2D eigenvalue weighted by molar-refractivity contribution is 0.0988. The van der Waals surface area contributed by atoms with Crippen LogP contribution >= 0.6 is 0 Å². The van der Waals surface area contributed by atoms with Crippen LogP contribution in [0, 0.1) is 0 Å². The van der Waals surface area contributed by atoms with Crippen molar-refractivity contribution in [3.63, 3.8) is 0 Å². The molecule has 3 rings (SSSR count). The van der Waals surface area contributed by atoms with E-state index in [0.717, 1.165) is 30.8 Å². The highest BCUT2D eigenvalue weighted by Crippen LogP contribution is 2.27. The lowest BCUT2D eigenvalue weighted by Gasteiger charge is -2.19. The molecule has 0 atom stereocenters. The minimum absolute atomic E-state index is 0.0404. The number of nitrogens with zero attached hydrogens (tertiary/aromatic N) is 1. The molecule has 0 fully saturated rings. The zero-order valence-corrected chi connectivity index (χ0v) is 18.4. The highest BCUT2D eigenvalue weighted by Gasteiger charge is 2.15. The Morgan fingerprint density at radius 2 is 1.45 bits per heavy atom. The van der Waals surface area contributed by atoms with Gasteiger partial charge < -0.3 is 14.4 Å². The summed E-state index contributed by atoms with van der Waals surface area (Å²) in [6, 6.07) is 25.3. The van der Waals surface area contributed by atoms with Gasteiger partial charge in [0.2, 0.25) is 0 Å². The molecule has 0 saturated carbocycles. The third-order valence-electron chi connectivity index (χ3n) is 5.27. The molecule has 0 bridgehead atoms. The third kappa shape index (κ3) is 6.97. The van der Waals surface area contributed by atoms with E-state index in [1.807, 2.05) is 78.9 Å². The van der Waals surface area contributed by atoms with Crippen LogP contribution < -0.4 is 9.47 Å². The zero-order chi connectivity index (χ0) is 21.9. The number of benzene rings is 3. The molecule has 0 aliphatic heterocycles. The van der Waals surface area contributed by atoms with E-state index in [1.54, 1.807) is 0 Å². The molecule has 0 heterocycles. The fourth-order valence-corrected chi connectivity index (χ4v) is 3.38. The number of likely N-dealkylation sites (N-methyl/N-ethyl adjacent to an activating group) is 1. The zero-order valence-electron chi connectivity index (χ0n) is 18.4. The van der Waals surface area contributed by atoms with Gasteiger partial charge in [0.25, 0.3) is 0 Å². The van der Waals surface area contributed by atoms with Crippen molar-refractivity contribution < 1.29 is 14.3 Å². The van der Waals surface area contributed by atoms with Crippen LogP contribution in [0.5, 0.6) is 11.5 Å². The average Bonchev–Trinajstić information content (AvgIpc) is 2.82. The molecule has 0 radical (unpaired) electrons. The van der Waals surface area contributed by atoms with Crippen molar-refractivity contribution >= 4 is 5.78 Å². The van der Waals surface area contributed by atoms with E-state index in [9.17, 15) is 4.79 Å². The van der Waals surface area contributed by atoms with Crippen LogP contribution in [0.2, 0.25) is 0 Å². The molecule has 162 valence electrons. The van der Waals surface area contributed by atoms with Gasteiger partial charge in [-0.2, -0.15) is 0 Å². The van der Waals surface area contributed by atoms with Crippen LogP contribution in [0.1, 0.15) is 35.3 Å². The average molecular weight is 418 g/mol. The van der Waals surface area contributed by atoms with Crippen LogP contribution in [0.3, 0.4) is 0 Å². The Hall–Kier alpha value is -3.11. The van der Waals surface area contributed by atoms with Crippen molar-refractivity contribution in [3.05, 3.63) is 95.6 Å². The maximum absolute atomic E-state index is 13.0. The molecule has 0 aliphatic rings. The first-order valence-corrected chi connectivity index (χ1v) is 10.9. The maximum Gasteiger partial charge on any atom is 0.170 e. The van der Waals surface area contributed by atoms with Crippen molar-refractivity contribution in [1.82, 2.24) is 4.90 Å². The Kier molecular flexibility index (Phi) is 8.68. The Morgan fingerprint density at radius 1 is 0.806 bits per heavy atom. The van der Waals surface area contributed by atoms with E-state index in [4.69, 9.17) is 9.47 Å². The summed E-state index contributed by atoms with van der Waals surface area (Å²) in [6.07, 6.45) is 0.345. The molecule has 0 aromatic heterocycles. The van der Waals surface area contributed by atoms with Crippen molar-refractivity contribution in [3.8, 4) is 11.5 Å². The summed E-state index contributed by atoms with van der Waals surface area (Å²) in [7, 11) is 0. The molecule has 0 amide bonds. The molecule has 0 N–H and O–H groups in total. The molecule has 4 nitrogen and oxygen atoms in total. The molecule has 3 aromatic carbocycles. The quantitative estimate of drug-likeness (QED) is 0.369. The van der Waals surface area contributed by atoms with Crippen molar-refractivity contribution in [1.29, 1.82) is 0 Å². The maximum atomic E-state index is 13.0. The normalized spacial score (nSPS) is 10.8. The molecule has 0 aliphatic carbocycles. The van der Waals surface area contributed by atoms with Gasteiger partial charge >= 0.3 is 0 Å². The molecule has 0 spiro atoms. The minimum atomic E-state index is 0.0404. The number of Topliss-reactive ketones (excluding diaryl/α,β-unsaturated/α-hetero) is 1. The van der Waals surface area contributed by atoms with Crippen LogP contribution in [0.25, 0.3) is 0 Å². The fourth-order valence-electron chi connectivity index (χ4n) is 3.38. The Labute approximate surface area is 185 Å². The van der Waals surface area contributed by atoms with Gasteiger partial charge in [-0.15, -0.1) is 0 Å². The summed E-state index contributed by atoms with van der Waals surface area (Å²) >= 11 is 0. The largest absolute Gasteiger partial charge is 0.491 e. The first-order valence-electron chi connectivity index (χ1n) is 10.9. The van der Waals surface area contributed by atoms with Gasteiger partial charge in [0.1, 0.15) is 24.7 Å². The monoisotopic (exact) mass is 417 g/mol. The molecule has 31 heavy (non-hydrogen) atoms. The molecular weight excluding hydrogens is 386 g/mol. The summed E-state index contributed by atoms with van der Waals surface area (Å²) in [4.78, 5) is 15.3. The lowest BCUT2D eigenvalue weighted by Crippen LogP contribution is -2.28. The van der Waals surface area contributed by atoms with Gasteiger partial charge in [0.05, 0.1) is 5.56 Å². The first kappa shape index (κ1) is 22.6. The van der Waals surface area contributed by atoms with Crippen molar-refractivity contribution in [2.45, 2.75) is 26.9 Å². The lowest BCUT2D eigenvalue weighted by atomic mass is 10.0. The van der Waals surface area contributed by atoms with E-state index in [2.05, 4.69) is 18.7 Å². The van der Waals surface area contributed by atoms with Crippen molar-refractivity contribution in [2.75, 3.05) is 26.2 Å².